The average molecular weight is 212 g/mol. The Bertz CT molecular complexity index is 275. The number of hydrogen-bond acceptors (Lipinski definition) is 4. The fraction of sp³-hybridized carbons (Fsp3) is 0.727. The molecule has 0 radical (unpaired) electrons. The fourth-order valence-electron chi connectivity index (χ4n) is 1.33. The molecule has 4 heteroatoms. The van der Waals surface area contributed by atoms with Crippen LogP contribution in [0.5, 0.6) is 0 Å². The van der Waals surface area contributed by atoms with Gasteiger partial charge in [-0.25, -0.2) is 4.98 Å². The van der Waals surface area contributed by atoms with Crippen molar-refractivity contribution in [3.63, 3.8) is 0 Å². The van der Waals surface area contributed by atoms with Crippen molar-refractivity contribution in [2.45, 2.75) is 46.3 Å². The highest BCUT2D eigenvalue weighted by atomic mass is 16.4. The topological polar surface area (TPSA) is 58.3 Å². The third kappa shape index (κ3) is 4.44. The molecule has 1 unspecified atom stereocenters. The molecule has 0 saturated heterocycles. The van der Waals surface area contributed by atoms with Crippen LogP contribution < -0.4 is 5.32 Å². The molecular formula is C11H20N2O2. The molecule has 1 atom stereocenters. The van der Waals surface area contributed by atoms with Gasteiger partial charge in [0.25, 0.3) is 0 Å². The molecule has 0 spiro atoms. The second-order valence-electron chi connectivity index (χ2n) is 3.92. The second-order valence-corrected chi connectivity index (χ2v) is 3.92. The van der Waals surface area contributed by atoms with Crippen molar-refractivity contribution in [1.29, 1.82) is 0 Å². The van der Waals surface area contributed by atoms with Crippen LogP contribution in [0.2, 0.25) is 0 Å². The number of aliphatic hydroxyl groups excluding tert-OH is 1. The zero-order valence-electron chi connectivity index (χ0n) is 9.71. The molecular weight excluding hydrogens is 192 g/mol. The lowest BCUT2D eigenvalue weighted by atomic mass is 10.2. The van der Waals surface area contributed by atoms with Gasteiger partial charge >= 0.3 is 0 Å². The van der Waals surface area contributed by atoms with Gasteiger partial charge in [0.15, 0.2) is 0 Å². The molecule has 15 heavy (non-hydrogen) atoms. The summed E-state index contributed by atoms with van der Waals surface area (Å²) in [7, 11) is 0. The van der Waals surface area contributed by atoms with E-state index in [0.29, 0.717) is 6.54 Å². The molecule has 4 nitrogen and oxygen atoms in total. The number of rotatable bonds is 6. The smallest absolute Gasteiger partial charge is 0.208 e. The standard InChI is InChI=1S/C11H20N2O2/c1-8(14)5-4-6-12-7-11-13-9(2)10(3)15-11/h8,12,14H,4-7H2,1-3H3. The fourth-order valence-corrected chi connectivity index (χ4v) is 1.33. The molecule has 2 N–H and O–H groups in total. The molecule has 0 amide bonds. The number of nitrogens with zero attached hydrogens (tertiary/aromatic N) is 1. The zero-order valence-corrected chi connectivity index (χ0v) is 9.71. The van der Waals surface area contributed by atoms with Gasteiger partial charge in [0, 0.05) is 0 Å². The third-order valence-corrected chi connectivity index (χ3v) is 2.32. The summed E-state index contributed by atoms with van der Waals surface area (Å²) in [5.74, 6) is 1.62. The van der Waals surface area contributed by atoms with Crippen LogP contribution in [0.25, 0.3) is 0 Å². The largest absolute Gasteiger partial charge is 0.444 e. The average Bonchev–Trinajstić information content (AvgIpc) is 2.45. The number of oxazole rings is 1. The number of aromatic nitrogens is 1. The Morgan fingerprint density at radius 2 is 2.20 bits per heavy atom. The molecule has 86 valence electrons. The van der Waals surface area contributed by atoms with E-state index < -0.39 is 0 Å². The molecule has 0 aliphatic heterocycles. The van der Waals surface area contributed by atoms with Crippen molar-refractivity contribution < 1.29 is 9.52 Å². The van der Waals surface area contributed by atoms with Crippen LogP contribution in [-0.4, -0.2) is 22.7 Å². The quantitative estimate of drug-likeness (QED) is 0.702. The monoisotopic (exact) mass is 212 g/mol. The summed E-state index contributed by atoms with van der Waals surface area (Å²) in [6.45, 7) is 7.20. The molecule has 0 fully saturated rings. The Kier molecular flexibility index (Phi) is 4.78. The van der Waals surface area contributed by atoms with E-state index in [4.69, 9.17) is 9.52 Å². The van der Waals surface area contributed by atoms with E-state index in [0.717, 1.165) is 36.7 Å². The lowest BCUT2D eigenvalue weighted by Gasteiger charge is -2.04. The van der Waals surface area contributed by atoms with E-state index in [1.54, 1.807) is 6.92 Å². The molecule has 1 aromatic rings. The SMILES string of the molecule is Cc1nc(CNCCCC(C)O)oc1C. The molecule has 0 aliphatic rings. The summed E-state index contributed by atoms with van der Waals surface area (Å²) in [4.78, 5) is 4.26. The van der Waals surface area contributed by atoms with Gasteiger partial charge in [0.05, 0.1) is 18.3 Å². The predicted molar refractivity (Wildman–Crippen MR) is 58.6 cm³/mol. The van der Waals surface area contributed by atoms with Crippen LogP contribution in [0.1, 0.15) is 37.1 Å². The van der Waals surface area contributed by atoms with Crippen molar-refractivity contribution in [2.24, 2.45) is 0 Å². The van der Waals surface area contributed by atoms with E-state index in [2.05, 4.69) is 10.3 Å². The number of aliphatic hydroxyl groups is 1. The first-order valence-electron chi connectivity index (χ1n) is 5.41. The molecule has 1 aromatic heterocycles. The maximum absolute atomic E-state index is 9.05. The van der Waals surface area contributed by atoms with Crippen LogP contribution >= 0.6 is 0 Å². The molecule has 0 aromatic carbocycles. The van der Waals surface area contributed by atoms with Gasteiger partial charge in [0.2, 0.25) is 5.89 Å². The summed E-state index contributed by atoms with van der Waals surface area (Å²) in [5.41, 5.74) is 0.954. The van der Waals surface area contributed by atoms with Crippen molar-refractivity contribution in [3.05, 3.63) is 17.3 Å². The summed E-state index contributed by atoms with van der Waals surface area (Å²) in [6, 6.07) is 0. The maximum atomic E-state index is 9.05. The summed E-state index contributed by atoms with van der Waals surface area (Å²) in [6.07, 6.45) is 1.59. The number of hydrogen-bond donors (Lipinski definition) is 2. The number of nitrogens with one attached hydrogen (secondary N) is 1. The second kappa shape index (κ2) is 5.88. The third-order valence-electron chi connectivity index (χ3n) is 2.32. The van der Waals surface area contributed by atoms with E-state index in [-0.39, 0.29) is 6.10 Å². The highest BCUT2D eigenvalue weighted by molar-refractivity contribution is 5.04. The minimum absolute atomic E-state index is 0.210. The molecule has 0 aliphatic carbocycles. The van der Waals surface area contributed by atoms with Crippen molar-refractivity contribution >= 4 is 0 Å². The van der Waals surface area contributed by atoms with Gasteiger partial charge in [-0.3, -0.25) is 0 Å². The van der Waals surface area contributed by atoms with Crippen LogP contribution in [0, 0.1) is 13.8 Å². The van der Waals surface area contributed by atoms with E-state index in [9.17, 15) is 0 Å². The minimum Gasteiger partial charge on any atom is -0.444 e. The minimum atomic E-state index is -0.210. The zero-order chi connectivity index (χ0) is 11.3. The van der Waals surface area contributed by atoms with E-state index in [1.807, 2.05) is 13.8 Å². The van der Waals surface area contributed by atoms with Crippen molar-refractivity contribution in [3.8, 4) is 0 Å². The van der Waals surface area contributed by atoms with Gasteiger partial charge in [0.1, 0.15) is 5.76 Å². The number of aryl methyl sites for hydroxylation is 2. The Morgan fingerprint density at radius 1 is 1.47 bits per heavy atom. The van der Waals surface area contributed by atoms with E-state index >= 15 is 0 Å². The van der Waals surface area contributed by atoms with Gasteiger partial charge < -0.3 is 14.8 Å². The van der Waals surface area contributed by atoms with E-state index in [1.165, 1.54) is 0 Å². The van der Waals surface area contributed by atoms with Gasteiger partial charge in [-0.1, -0.05) is 0 Å². The van der Waals surface area contributed by atoms with Crippen molar-refractivity contribution in [2.75, 3.05) is 6.54 Å². The maximum Gasteiger partial charge on any atom is 0.208 e. The molecule has 0 bridgehead atoms. The predicted octanol–water partition coefficient (Wildman–Crippen LogP) is 1.54. The highest BCUT2D eigenvalue weighted by Crippen LogP contribution is 2.07. The lowest BCUT2D eigenvalue weighted by molar-refractivity contribution is 0.181. The highest BCUT2D eigenvalue weighted by Gasteiger charge is 2.04. The van der Waals surface area contributed by atoms with Crippen LogP contribution in [0.15, 0.2) is 4.42 Å². The Hall–Kier alpha value is -0.870. The lowest BCUT2D eigenvalue weighted by Crippen LogP contribution is -2.16. The summed E-state index contributed by atoms with van der Waals surface area (Å²) < 4.78 is 5.42. The molecule has 1 rings (SSSR count). The normalized spacial score (nSPS) is 13.1. The Labute approximate surface area is 90.7 Å². The Morgan fingerprint density at radius 3 is 2.73 bits per heavy atom. The summed E-state index contributed by atoms with van der Waals surface area (Å²) in [5, 5.41) is 12.3. The van der Waals surface area contributed by atoms with Crippen LogP contribution in [0.3, 0.4) is 0 Å². The first-order valence-corrected chi connectivity index (χ1v) is 5.41. The summed E-state index contributed by atoms with van der Waals surface area (Å²) >= 11 is 0. The van der Waals surface area contributed by atoms with Crippen molar-refractivity contribution in [1.82, 2.24) is 10.3 Å². The van der Waals surface area contributed by atoms with Gasteiger partial charge in [-0.2, -0.15) is 0 Å². The van der Waals surface area contributed by atoms with Crippen LogP contribution in [-0.2, 0) is 6.54 Å². The first kappa shape index (κ1) is 12.2. The first-order chi connectivity index (χ1) is 7.09. The molecule has 1 heterocycles. The van der Waals surface area contributed by atoms with Gasteiger partial charge in [-0.15, -0.1) is 0 Å². The molecule has 0 saturated carbocycles. The Balaban J connectivity index is 2.15. The van der Waals surface area contributed by atoms with Crippen LogP contribution in [0.4, 0.5) is 0 Å². The van der Waals surface area contributed by atoms with Gasteiger partial charge in [-0.05, 0) is 40.2 Å².